The van der Waals surface area contributed by atoms with E-state index in [0.29, 0.717) is 45.9 Å². The van der Waals surface area contributed by atoms with Gasteiger partial charge in [0, 0.05) is 58.6 Å². The van der Waals surface area contributed by atoms with Crippen LogP contribution in [-0.2, 0) is 6.42 Å². The molecule has 0 saturated carbocycles. The minimum absolute atomic E-state index is 0.0835. The van der Waals surface area contributed by atoms with Gasteiger partial charge >= 0.3 is 0 Å². The van der Waals surface area contributed by atoms with Gasteiger partial charge in [-0.25, -0.2) is 4.98 Å². The summed E-state index contributed by atoms with van der Waals surface area (Å²) in [5.74, 6) is 0.639. The van der Waals surface area contributed by atoms with E-state index in [0.717, 1.165) is 48.2 Å². The number of halogens is 2. The fourth-order valence-corrected chi connectivity index (χ4v) is 7.16. The predicted octanol–water partition coefficient (Wildman–Crippen LogP) is 7.45. The molecular weight excluding hydrogens is 645 g/mol. The van der Waals surface area contributed by atoms with E-state index in [1.54, 1.807) is 36.5 Å². The molecule has 0 aliphatic carbocycles. The monoisotopic (exact) mass is 685 g/mol. The molecule has 3 aromatic carbocycles. The average Bonchev–Trinajstić information content (AvgIpc) is 3.66. The first kappa shape index (κ1) is 33.8. The van der Waals surface area contributed by atoms with Crippen molar-refractivity contribution in [3.05, 3.63) is 111 Å². The number of benzene rings is 3. The molecule has 2 amide bonds. The third-order valence-corrected chi connectivity index (χ3v) is 10.1. The van der Waals surface area contributed by atoms with E-state index in [1.165, 1.54) is 25.9 Å². The number of nitrogens with zero attached hydrogens (tertiary/aromatic N) is 3. The van der Waals surface area contributed by atoms with Gasteiger partial charge in [-0.05, 0) is 111 Å². The van der Waals surface area contributed by atoms with Crippen molar-refractivity contribution in [2.24, 2.45) is 0 Å². The van der Waals surface area contributed by atoms with Crippen molar-refractivity contribution < 1.29 is 14.3 Å². The summed E-state index contributed by atoms with van der Waals surface area (Å²) in [6, 6.07) is 22.8. The van der Waals surface area contributed by atoms with Gasteiger partial charge in [0.2, 0.25) is 0 Å². The van der Waals surface area contributed by atoms with Crippen LogP contribution >= 0.6 is 23.2 Å². The summed E-state index contributed by atoms with van der Waals surface area (Å²) in [4.78, 5) is 34.9. The topological polar surface area (TPSA) is 101 Å². The maximum Gasteiger partial charge on any atom is 0.253 e. The number of carbonyl (C=O) groups is 2. The van der Waals surface area contributed by atoms with Crippen LogP contribution in [0.5, 0.6) is 5.75 Å². The summed E-state index contributed by atoms with van der Waals surface area (Å²) in [7, 11) is 0. The van der Waals surface area contributed by atoms with Crippen molar-refractivity contribution in [3.8, 4) is 16.9 Å². The normalized spacial score (nSPS) is 16.1. The Labute approximate surface area is 292 Å². The second-order valence-electron chi connectivity index (χ2n) is 12.5. The lowest BCUT2D eigenvalue weighted by Gasteiger charge is -2.36. The Morgan fingerprint density at radius 1 is 0.917 bits per heavy atom. The van der Waals surface area contributed by atoms with Gasteiger partial charge in [-0.2, -0.15) is 0 Å². The van der Waals surface area contributed by atoms with Crippen LogP contribution < -0.4 is 15.8 Å². The van der Waals surface area contributed by atoms with Crippen molar-refractivity contribution >= 4 is 40.8 Å². The fourth-order valence-electron chi connectivity index (χ4n) is 6.57. The minimum atomic E-state index is -0.349. The van der Waals surface area contributed by atoms with Crippen LogP contribution in [0, 0.1) is 0 Å². The minimum Gasteiger partial charge on any atom is -0.482 e. The molecule has 48 heavy (non-hydrogen) atoms. The third kappa shape index (κ3) is 7.95. The summed E-state index contributed by atoms with van der Waals surface area (Å²) in [6.45, 7) is 6.33. The van der Waals surface area contributed by atoms with Gasteiger partial charge < -0.3 is 25.6 Å². The number of hydrogen-bond donors (Lipinski definition) is 2. The molecule has 8 nitrogen and oxygen atoms in total. The largest absolute Gasteiger partial charge is 0.482 e. The molecule has 10 heteroatoms. The van der Waals surface area contributed by atoms with Crippen LogP contribution in [0.1, 0.15) is 70.6 Å². The smallest absolute Gasteiger partial charge is 0.253 e. The number of carbonyl (C=O) groups excluding carboxylic acids is 2. The Hall–Kier alpha value is -4.11. The van der Waals surface area contributed by atoms with Crippen molar-refractivity contribution in [3.63, 3.8) is 0 Å². The Morgan fingerprint density at radius 2 is 1.56 bits per heavy atom. The highest BCUT2D eigenvalue weighted by Gasteiger charge is 2.28. The van der Waals surface area contributed by atoms with E-state index >= 15 is 0 Å². The summed E-state index contributed by atoms with van der Waals surface area (Å²) in [6.07, 6.45) is 6.56. The van der Waals surface area contributed by atoms with Crippen LogP contribution in [0.3, 0.4) is 0 Å². The summed E-state index contributed by atoms with van der Waals surface area (Å²) >= 11 is 12.5. The maximum atomic E-state index is 13.2. The molecule has 250 valence electrons. The van der Waals surface area contributed by atoms with Gasteiger partial charge in [0.15, 0.2) is 11.6 Å². The molecule has 4 aromatic rings. The van der Waals surface area contributed by atoms with Crippen LogP contribution in [0.4, 0.5) is 5.82 Å². The molecule has 3 N–H and O–H groups in total. The first-order valence-electron chi connectivity index (χ1n) is 16.6. The van der Waals surface area contributed by atoms with E-state index in [4.69, 9.17) is 33.7 Å². The van der Waals surface area contributed by atoms with Gasteiger partial charge in [0.25, 0.3) is 11.8 Å². The zero-order valence-corrected chi connectivity index (χ0v) is 28.6. The Kier molecular flexibility index (Phi) is 10.8. The molecule has 3 heterocycles. The van der Waals surface area contributed by atoms with E-state index < -0.39 is 0 Å². The van der Waals surface area contributed by atoms with Gasteiger partial charge in [-0.3, -0.25) is 9.59 Å². The predicted molar refractivity (Wildman–Crippen MR) is 192 cm³/mol. The fraction of sp³-hybridized carbons (Fsp3) is 0.342. The molecule has 0 spiro atoms. The lowest BCUT2D eigenvalue weighted by molar-refractivity contribution is 0.0644. The van der Waals surface area contributed by atoms with Crippen molar-refractivity contribution in [1.29, 1.82) is 0 Å². The number of nitrogens with one attached hydrogen (secondary N) is 1. The second kappa shape index (κ2) is 15.4. The molecule has 2 fully saturated rings. The highest BCUT2D eigenvalue weighted by Crippen LogP contribution is 2.31. The van der Waals surface area contributed by atoms with Crippen LogP contribution in [-0.4, -0.2) is 65.4 Å². The summed E-state index contributed by atoms with van der Waals surface area (Å²) in [5.41, 5.74) is 10.9. The highest BCUT2D eigenvalue weighted by molar-refractivity contribution is 6.36. The lowest BCUT2D eigenvalue weighted by Crippen LogP contribution is -2.45. The Morgan fingerprint density at radius 3 is 2.23 bits per heavy atom. The molecule has 2 saturated heterocycles. The number of hydrogen-bond acceptors (Lipinski definition) is 6. The molecule has 2 aliphatic rings. The number of ether oxygens (including phenoxy) is 1. The maximum absolute atomic E-state index is 13.2. The molecule has 0 bridgehead atoms. The van der Waals surface area contributed by atoms with Crippen molar-refractivity contribution in [1.82, 2.24) is 20.1 Å². The molecule has 1 aromatic heterocycles. The van der Waals surface area contributed by atoms with Gasteiger partial charge in [0.1, 0.15) is 6.10 Å². The van der Waals surface area contributed by atoms with Crippen LogP contribution in [0.2, 0.25) is 10.0 Å². The number of nitrogen functional groups attached to an aromatic ring is 1. The van der Waals surface area contributed by atoms with Crippen LogP contribution in [0.25, 0.3) is 11.1 Å². The zero-order valence-electron chi connectivity index (χ0n) is 27.1. The number of aromatic nitrogens is 1. The SMILES string of the molecule is CC(Oc1cc(-c2ccc(C(=O)N3CCC(N4CCCC4)CC3)cc2)cnc1N)c1ccc(C(=O)NCCc2c(Cl)cccc2Cl)cc1. The van der Waals surface area contributed by atoms with E-state index in [2.05, 4.69) is 15.2 Å². The molecule has 6 rings (SSSR count). The quantitative estimate of drug-likeness (QED) is 0.180. The molecule has 0 radical (unpaired) electrons. The Bertz CT molecular complexity index is 1710. The van der Waals surface area contributed by atoms with Crippen molar-refractivity contribution in [2.45, 2.75) is 51.2 Å². The number of anilines is 1. The van der Waals surface area contributed by atoms with Crippen LogP contribution in [0.15, 0.2) is 79.0 Å². The summed E-state index contributed by atoms with van der Waals surface area (Å²) in [5, 5.41) is 4.09. The number of likely N-dealkylation sites (tertiary alicyclic amines) is 2. The van der Waals surface area contributed by atoms with E-state index in [9.17, 15) is 9.59 Å². The van der Waals surface area contributed by atoms with Gasteiger partial charge in [-0.1, -0.05) is 53.5 Å². The third-order valence-electron chi connectivity index (χ3n) is 9.42. The molecule has 1 unspecified atom stereocenters. The van der Waals surface area contributed by atoms with Gasteiger partial charge in [0.05, 0.1) is 0 Å². The second-order valence-corrected chi connectivity index (χ2v) is 13.4. The number of amides is 2. The first-order valence-corrected chi connectivity index (χ1v) is 17.4. The average molecular weight is 687 g/mol. The molecule has 2 aliphatic heterocycles. The van der Waals surface area contributed by atoms with Gasteiger partial charge in [-0.15, -0.1) is 0 Å². The standard InChI is InChI=1S/C38H41Cl2N5O3/c1-25(26-7-11-28(12-8-26)37(46)42-18-15-32-33(39)5-4-6-34(32)40)48-35-23-30(24-43-36(35)41)27-9-13-29(14-10-27)38(47)45-21-16-31(17-22-45)44-19-2-3-20-44/h4-14,23-25,31H,2-3,15-22H2,1H3,(H2,41,43)(H,42,46). The first-order chi connectivity index (χ1) is 23.3. The zero-order chi connectivity index (χ0) is 33.6. The Balaban J connectivity index is 1.03. The number of piperidine rings is 1. The molecular formula is C38H41Cl2N5O3. The van der Waals surface area contributed by atoms with E-state index in [1.807, 2.05) is 54.3 Å². The van der Waals surface area contributed by atoms with E-state index in [-0.39, 0.29) is 23.7 Å². The number of rotatable bonds is 10. The van der Waals surface area contributed by atoms with Crippen molar-refractivity contribution in [2.75, 3.05) is 38.5 Å². The number of pyridine rings is 1. The highest BCUT2D eigenvalue weighted by atomic mass is 35.5. The summed E-state index contributed by atoms with van der Waals surface area (Å²) < 4.78 is 6.24. The number of nitrogens with two attached hydrogens (primary N) is 1. The lowest BCUT2D eigenvalue weighted by atomic mass is 10.0. The molecule has 1 atom stereocenters.